The van der Waals surface area contributed by atoms with Gasteiger partial charge in [0.15, 0.2) is 5.11 Å². The Morgan fingerprint density at radius 2 is 1.52 bits per heavy atom. The molecule has 0 fully saturated rings. The van der Waals surface area contributed by atoms with Crippen LogP contribution in [0.3, 0.4) is 0 Å². The van der Waals surface area contributed by atoms with Gasteiger partial charge in [-0.2, -0.15) is 0 Å². The van der Waals surface area contributed by atoms with Crippen molar-refractivity contribution in [3.05, 3.63) is 66.2 Å². The summed E-state index contributed by atoms with van der Waals surface area (Å²) in [6.45, 7) is 1.79. The first-order valence-electron chi connectivity index (χ1n) is 9.09. The molecule has 0 unspecified atom stereocenters. The Hall–Kier alpha value is -3.45. The second-order valence-corrected chi connectivity index (χ2v) is 6.70. The van der Waals surface area contributed by atoms with E-state index in [1.807, 2.05) is 30.3 Å². The molecule has 2 amide bonds. The van der Waals surface area contributed by atoms with E-state index >= 15 is 0 Å². The molecule has 0 bridgehead atoms. The number of rotatable bonds is 5. The van der Waals surface area contributed by atoms with E-state index < -0.39 is 0 Å². The number of hydrogen-bond donors (Lipinski definition) is 3. The van der Waals surface area contributed by atoms with Crippen molar-refractivity contribution in [1.82, 2.24) is 5.32 Å². The van der Waals surface area contributed by atoms with Crippen molar-refractivity contribution in [2.75, 3.05) is 17.7 Å². The van der Waals surface area contributed by atoms with E-state index in [-0.39, 0.29) is 16.9 Å². The lowest BCUT2D eigenvalue weighted by atomic mass is 10.1. The molecule has 0 saturated heterocycles. The molecule has 0 aromatic heterocycles. The number of ether oxygens (including phenoxy) is 1. The van der Waals surface area contributed by atoms with Crippen molar-refractivity contribution in [3.63, 3.8) is 0 Å². The molecule has 29 heavy (non-hydrogen) atoms. The minimum atomic E-state index is -0.364. The van der Waals surface area contributed by atoms with Crippen LogP contribution in [0.2, 0.25) is 0 Å². The molecular weight excluding hydrogens is 386 g/mol. The minimum absolute atomic E-state index is 0.0576. The monoisotopic (exact) mass is 407 g/mol. The second-order valence-electron chi connectivity index (χ2n) is 6.29. The zero-order valence-corrected chi connectivity index (χ0v) is 16.9. The van der Waals surface area contributed by atoms with E-state index in [9.17, 15) is 9.59 Å². The van der Waals surface area contributed by atoms with Gasteiger partial charge in [0, 0.05) is 17.8 Å². The number of carbonyl (C=O) groups is 2. The Bertz CT molecular complexity index is 1060. The SMILES string of the molecule is CCC(=O)Nc1ccc(NC(=S)NC(=O)c2cc3ccccc3cc2OC)cc1. The number of fused-ring (bicyclic) bond motifs is 1. The second kappa shape index (κ2) is 9.16. The van der Waals surface area contributed by atoms with Crippen LogP contribution in [0, 0.1) is 0 Å². The van der Waals surface area contributed by atoms with Gasteiger partial charge in [-0.1, -0.05) is 31.2 Å². The van der Waals surface area contributed by atoms with Crippen LogP contribution in [0.5, 0.6) is 5.75 Å². The number of carbonyl (C=O) groups excluding carboxylic acids is 2. The van der Waals surface area contributed by atoms with Crippen LogP contribution in [0.25, 0.3) is 10.8 Å². The fraction of sp³-hybridized carbons (Fsp3) is 0.136. The zero-order chi connectivity index (χ0) is 20.8. The van der Waals surface area contributed by atoms with E-state index in [4.69, 9.17) is 17.0 Å². The molecule has 0 spiro atoms. The van der Waals surface area contributed by atoms with Gasteiger partial charge in [-0.3, -0.25) is 14.9 Å². The number of anilines is 2. The summed E-state index contributed by atoms with van der Waals surface area (Å²) < 4.78 is 5.37. The summed E-state index contributed by atoms with van der Waals surface area (Å²) in [5.41, 5.74) is 1.78. The molecule has 3 N–H and O–H groups in total. The van der Waals surface area contributed by atoms with Gasteiger partial charge < -0.3 is 15.4 Å². The van der Waals surface area contributed by atoms with Crippen molar-refractivity contribution < 1.29 is 14.3 Å². The number of amides is 2. The predicted octanol–water partition coefficient (Wildman–Crippen LogP) is 4.32. The van der Waals surface area contributed by atoms with Gasteiger partial charge in [0.1, 0.15) is 5.75 Å². The van der Waals surface area contributed by atoms with Gasteiger partial charge in [0.25, 0.3) is 5.91 Å². The van der Waals surface area contributed by atoms with Gasteiger partial charge >= 0.3 is 0 Å². The molecule has 0 heterocycles. The van der Waals surface area contributed by atoms with Crippen LogP contribution >= 0.6 is 12.2 Å². The highest BCUT2D eigenvalue weighted by Gasteiger charge is 2.15. The number of benzene rings is 3. The Labute approximate surface area is 174 Å². The molecule has 7 heteroatoms. The van der Waals surface area contributed by atoms with Crippen molar-refractivity contribution >= 4 is 51.3 Å². The number of methoxy groups -OCH3 is 1. The van der Waals surface area contributed by atoms with E-state index in [1.165, 1.54) is 7.11 Å². The van der Waals surface area contributed by atoms with Crippen molar-refractivity contribution in [2.45, 2.75) is 13.3 Å². The predicted molar refractivity (Wildman–Crippen MR) is 120 cm³/mol. The molecule has 3 rings (SSSR count). The fourth-order valence-electron chi connectivity index (χ4n) is 2.78. The number of nitrogens with one attached hydrogen (secondary N) is 3. The average molecular weight is 407 g/mol. The topological polar surface area (TPSA) is 79.5 Å². The van der Waals surface area contributed by atoms with E-state index in [0.717, 1.165) is 10.8 Å². The normalized spacial score (nSPS) is 10.3. The maximum atomic E-state index is 12.7. The lowest BCUT2D eigenvalue weighted by Crippen LogP contribution is -2.34. The van der Waals surface area contributed by atoms with Crippen molar-refractivity contribution in [3.8, 4) is 5.75 Å². The number of thiocarbonyl (C=S) groups is 1. The summed E-state index contributed by atoms with van der Waals surface area (Å²) in [5, 5.41) is 10.5. The maximum Gasteiger partial charge on any atom is 0.261 e. The van der Waals surface area contributed by atoms with Crippen LogP contribution in [-0.2, 0) is 4.79 Å². The van der Waals surface area contributed by atoms with Gasteiger partial charge in [0.2, 0.25) is 5.91 Å². The summed E-state index contributed by atoms with van der Waals surface area (Å²) in [6.07, 6.45) is 0.411. The number of hydrogen-bond acceptors (Lipinski definition) is 4. The first kappa shape index (κ1) is 20.3. The first-order valence-corrected chi connectivity index (χ1v) is 9.50. The third-order valence-electron chi connectivity index (χ3n) is 4.29. The molecule has 3 aromatic rings. The molecule has 0 aliphatic heterocycles. The van der Waals surface area contributed by atoms with Gasteiger partial charge in [-0.25, -0.2) is 0 Å². The summed E-state index contributed by atoms with van der Waals surface area (Å²) >= 11 is 5.26. The molecule has 6 nitrogen and oxygen atoms in total. The molecule has 3 aromatic carbocycles. The highest BCUT2D eigenvalue weighted by atomic mass is 32.1. The van der Waals surface area contributed by atoms with Crippen molar-refractivity contribution in [2.24, 2.45) is 0 Å². The van der Waals surface area contributed by atoms with Crippen LogP contribution < -0.4 is 20.7 Å². The van der Waals surface area contributed by atoms with Gasteiger partial charge in [-0.05, 0) is 59.4 Å². The Kier molecular flexibility index (Phi) is 6.41. The van der Waals surface area contributed by atoms with Crippen LogP contribution in [-0.4, -0.2) is 24.0 Å². The summed E-state index contributed by atoms with van der Waals surface area (Å²) in [5.74, 6) is 0.0507. The van der Waals surface area contributed by atoms with Crippen LogP contribution in [0.4, 0.5) is 11.4 Å². The van der Waals surface area contributed by atoms with E-state index in [0.29, 0.717) is 29.1 Å². The summed E-state index contributed by atoms with van der Waals surface area (Å²) in [6, 6.07) is 18.4. The van der Waals surface area contributed by atoms with Crippen molar-refractivity contribution in [1.29, 1.82) is 0 Å². The lowest BCUT2D eigenvalue weighted by molar-refractivity contribution is -0.115. The molecule has 0 atom stereocenters. The van der Waals surface area contributed by atoms with Crippen LogP contribution in [0.1, 0.15) is 23.7 Å². The molecular formula is C22H21N3O3S. The maximum absolute atomic E-state index is 12.7. The highest BCUT2D eigenvalue weighted by molar-refractivity contribution is 7.80. The smallest absolute Gasteiger partial charge is 0.261 e. The molecule has 0 saturated carbocycles. The quantitative estimate of drug-likeness (QED) is 0.549. The summed E-state index contributed by atoms with van der Waals surface area (Å²) in [7, 11) is 1.52. The largest absolute Gasteiger partial charge is 0.496 e. The Morgan fingerprint density at radius 3 is 2.10 bits per heavy atom. The Morgan fingerprint density at radius 1 is 0.931 bits per heavy atom. The van der Waals surface area contributed by atoms with E-state index in [1.54, 1.807) is 37.3 Å². The molecule has 0 aliphatic carbocycles. The van der Waals surface area contributed by atoms with E-state index in [2.05, 4.69) is 16.0 Å². The molecule has 0 radical (unpaired) electrons. The fourth-order valence-corrected chi connectivity index (χ4v) is 3.00. The third kappa shape index (κ3) is 5.08. The van der Waals surface area contributed by atoms with Gasteiger partial charge in [0.05, 0.1) is 12.7 Å². The van der Waals surface area contributed by atoms with Gasteiger partial charge in [-0.15, -0.1) is 0 Å². The third-order valence-corrected chi connectivity index (χ3v) is 4.49. The average Bonchev–Trinajstić information content (AvgIpc) is 2.73. The zero-order valence-electron chi connectivity index (χ0n) is 16.1. The lowest BCUT2D eigenvalue weighted by Gasteiger charge is -2.13. The molecule has 0 aliphatic rings. The summed E-state index contributed by atoms with van der Waals surface area (Å²) in [4.78, 5) is 24.1. The standard InChI is InChI=1S/C22H21N3O3S/c1-3-20(26)23-16-8-10-17(11-9-16)24-22(29)25-21(27)18-12-14-6-4-5-7-15(14)13-19(18)28-2/h4-13H,3H2,1-2H3,(H,23,26)(H2,24,25,27,29). The first-order chi connectivity index (χ1) is 14.0. The molecule has 148 valence electrons. The van der Waals surface area contributed by atoms with Crippen LogP contribution in [0.15, 0.2) is 60.7 Å². The highest BCUT2D eigenvalue weighted by Crippen LogP contribution is 2.26. The Balaban J connectivity index is 1.68. The minimum Gasteiger partial charge on any atom is -0.496 e.